The van der Waals surface area contributed by atoms with Gasteiger partial charge in [0.2, 0.25) is 11.6 Å². The molecule has 488 valence electrons. The molecule has 0 bridgehead atoms. The third-order valence-corrected chi connectivity index (χ3v) is 20.4. The zero-order valence-electron chi connectivity index (χ0n) is 56.9. The van der Waals surface area contributed by atoms with Gasteiger partial charge in [0.1, 0.15) is 22.3 Å². The van der Waals surface area contributed by atoms with E-state index >= 15 is 0 Å². The Kier molecular flexibility index (Phi) is 14.1. The van der Waals surface area contributed by atoms with Crippen LogP contribution in [0.1, 0.15) is 11.1 Å². The molecule has 0 spiro atoms. The van der Waals surface area contributed by atoms with Crippen LogP contribution in [0.2, 0.25) is 0 Å². The third-order valence-electron chi connectivity index (χ3n) is 20.4. The molecular weight excluding hydrogens is 1250 g/mol. The van der Waals surface area contributed by atoms with E-state index in [1.165, 1.54) is 115 Å². The van der Waals surface area contributed by atoms with Crippen molar-refractivity contribution in [2.24, 2.45) is 21.1 Å². The Morgan fingerprint density at radius 2 is 0.559 bits per heavy atom. The van der Waals surface area contributed by atoms with Crippen LogP contribution in [-0.2, 0) is 21.1 Å². The van der Waals surface area contributed by atoms with Crippen molar-refractivity contribution in [3.63, 3.8) is 0 Å². The van der Waals surface area contributed by atoms with E-state index in [0.29, 0.717) is 0 Å². The monoisotopic (exact) mass is 1320 g/mol. The molecule has 0 radical (unpaired) electrons. The molecule has 0 saturated carbocycles. The summed E-state index contributed by atoms with van der Waals surface area (Å²) in [6.07, 6.45) is 0. The molecule has 0 unspecified atom stereocenters. The highest BCUT2D eigenvalue weighted by Crippen LogP contribution is 2.38. The number of imidazole rings is 4. The molecule has 14 aromatic carbocycles. The minimum absolute atomic E-state index is 0.931. The summed E-state index contributed by atoms with van der Waals surface area (Å²) in [5, 5.41) is 12.5. The summed E-state index contributed by atoms with van der Waals surface area (Å²) in [7, 11) is 6.31. The Morgan fingerprint density at radius 1 is 0.225 bits per heavy atom. The summed E-state index contributed by atoms with van der Waals surface area (Å²) < 4.78 is 27.5. The third kappa shape index (κ3) is 9.64. The Bertz CT molecular complexity index is 7130. The first kappa shape index (κ1) is 59.8. The van der Waals surface area contributed by atoms with Crippen molar-refractivity contribution in [3.8, 4) is 11.4 Å². The number of aryl methyl sites for hydroxylation is 5. The molecule has 0 N–H and O–H groups in total. The lowest BCUT2D eigenvalue weighted by atomic mass is 10.1. The maximum atomic E-state index is 6.05. The van der Waals surface area contributed by atoms with E-state index < -0.39 is 0 Å². The first-order valence-electron chi connectivity index (χ1n) is 34.6. The van der Waals surface area contributed by atoms with Crippen molar-refractivity contribution in [2.45, 2.75) is 13.8 Å². The number of hydrogen-bond donors (Lipinski definition) is 0. The Hall–Kier alpha value is -13.4. The second kappa shape index (κ2) is 24.0. The predicted molar refractivity (Wildman–Crippen MR) is 424 cm³/mol. The van der Waals surface area contributed by atoms with Gasteiger partial charge in [0.25, 0.3) is 0 Å². The number of fused-ring (bicyclic) bond motifs is 25. The van der Waals surface area contributed by atoms with Crippen molar-refractivity contribution in [1.82, 2.24) is 41.6 Å². The second-order valence-electron chi connectivity index (χ2n) is 26.5. The highest BCUT2D eigenvalue weighted by atomic mass is 16.3. The van der Waals surface area contributed by atoms with Crippen LogP contribution >= 0.6 is 0 Å². The van der Waals surface area contributed by atoms with Gasteiger partial charge in [-0.15, -0.1) is 0 Å². The number of para-hydroxylation sites is 14. The van der Waals surface area contributed by atoms with E-state index in [0.717, 1.165) is 72.7 Å². The van der Waals surface area contributed by atoms with Crippen LogP contribution in [0.4, 0.5) is 0 Å². The SMILES string of the molecule is Cc1ccc2oc3ccc(-n4c5ccccc5c5ccccc54)cc3c2c1.Cc1ccc2oc3ccccc3c2c1.Cn1c2ccccc2c2cc(-n3c4ccccc4n4c5ccccc5nc34)ccc21.Cn1c2ccccc2c2ccccc21.Cn1c2ccccc2n2c3ccccc3nc12. The molecule has 0 saturated heterocycles. The molecule has 9 heterocycles. The van der Waals surface area contributed by atoms with Gasteiger partial charge in [0.15, 0.2) is 0 Å². The number of aromatic nitrogens is 9. The highest BCUT2D eigenvalue weighted by Gasteiger charge is 2.20. The molecule has 102 heavy (non-hydrogen) atoms. The first-order valence-corrected chi connectivity index (χ1v) is 34.6. The molecule has 23 aromatic rings. The highest BCUT2D eigenvalue weighted by molar-refractivity contribution is 6.12. The summed E-state index contributed by atoms with van der Waals surface area (Å²) >= 11 is 0. The summed E-state index contributed by atoms with van der Waals surface area (Å²) in [6.45, 7) is 4.22. The molecule has 23 rings (SSSR count). The Labute approximate surface area is 585 Å². The molecule has 0 aliphatic heterocycles. The molecule has 0 aliphatic rings. The lowest BCUT2D eigenvalue weighted by Gasteiger charge is -2.08. The van der Waals surface area contributed by atoms with Crippen molar-refractivity contribution >= 4 is 165 Å². The maximum absolute atomic E-state index is 6.05. The zero-order chi connectivity index (χ0) is 68.3. The fourth-order valence-corrected chi connectivity index (χ4v) is 15.6. The normalized spacial score (nSPS) is 11.8. The summed E-state index contributed by atoms with van der Waals surface area (Å²) in [5.74, 6) is 1.93. The van der Waals surface area contributed by atoms with E-state index in [1.54, 1.807) is 0 Å². The Balaban J connectivity index is 0.0000000915. The molecular formula is C91H67N9O2. The van der Waals surface area contributed by atoms with Crippen LogP contribution in [0.25, 0.3) is 176 Å². The molecule has 9 aromatic heterocycles. The van der Waals surface area contributed by atoms with E-state index in [-0.39, 0.29) is 0 Å². The van der Waals surface area contributed by atoms with Gasteiger partial charge in [-0.25, -0.2) is 9.97 Å². The van der Waals surface area contributed by atoms with Gasteiger partial charge in [-0.1, -0.05) is 181 Å². The average Bonchev–Trinajstić information content (AvgIpc) is 1.57. The van der Waals surface area contributed by atoms with E-state index in [1.807, 2.05) is 36.4 Å². The van der Waals surface area contributed by atoms with Crippen LogP contribution in [0.3, 0.4) is 0 Å². The molecule has 0 atom stereocenters. The van der Waals surface area contributed by atoms with Gasteiger partial charge in [0.05, 0.1) is 55.2 Å². The molecule has 0 aliphatic carbocycles. The largest absolute Gasteiger partial charge is 0.456 e. The van der Waals surface area contributed by atoms with Crippen molar-refractivity contribution in [3.05, 3.63) is 327 Å². The van der Waals surface area contributed by atoms with Gasteiger partial charge < -0.3 is 27.1 Å². The van der Waals surface area contributed by atoms with Gasteiger partial charge in [0, 0.05) is 108 Å². The number of rotatable bonds is 2. The number of furan rings is 2. The summed E-state index contributed by atoms with van der Waals surface area (Å²) in [6, 6.07) is 110. The molecule has 11 nitrogen and oxygen atoms in total. The van der Waals surface area contributed by atoms with E-state index in [9.17, 15) is 0 Å². The number of benzene rings is 14. The van der Waals surface area contributed by atoms with Crippen LogP contribution in [0, 0.1) is 13.8 Å². The fraction of sp³-hybridized carbons (Fsp3) is 0.0549. The molecule has 11 heteroatoms. The molecule has 0 fully saturated rings. The van der Waals surface area contributed by atoms with Crippen LogP contribution in [0.5, 0.6) is 0 Å². The summed E-state index contributed by atoms with van der Waals surface area (Å²) in [4.78, 5) is 9.67. The van der Waals surface area contributed by atoms with Crippen LogP contribution < -0.4 is 0 Å². The minimum atomic E-state index is 0.931. The first-order chi connectivity index (χ1) is 50.2. The smallest absolute Gasteiger partial charge is 0.220 e. The van der Waals surface area contributed by atoms with Crippen molar-refractivity contribution < 1.29 is 8.83 Å². The maximum Gasteiger partial charge on any atom is 0.220 e. The quantitative estimate of drug-likeness (QED) is 0.173. The topological polar surface area (TPSA) is 85.5 Å². The van der Waals surface area contributed by atoms with E-state index in [2.05, 4.69) is 351 Å². The fourth-order valence-electron chi connectivity index (χ4n) is 15.6. The lowest BCUT2D eigenvalue weighted by molar-refractivity contribution is 0.668. The van der Waals surface area contributed by atoms with Crippen molar-refractivity contribution in [1.29, 1.82) is 0 Å². The second-order valence-corrected chi connectivity index (χ2v) is 26.5. The van der Waals surface area contributed by atoms with E-state index in [4.69, 9.17) is 13.8 Å². The van der Waals surface area contributed by atoms with Gasteiger partial charge in [-0.2, -0.15) is 0 Å². The van der Waals surface area contributed by atoms with Gasteiger partial charge in [-0.3, -0.25) is 13.4 Å². The zero-order valence-corrected chi connectivity index (χ0v) is 56.9. The lowest BCUT2D eigenvalue weighted by Crippen LogP contribution is -1.95. The molecule has 0 amide bonds. The summed E-state index contributed by atoms with van der Waals surface area (Å²) in [5.41, 5.74) is 25.2. The standard InChI is InChI=1S/C26H18N4.C25H17NO.C14H11N3.C13H11N.C13H10O/c1-28-21-10-4-2-8-18(21)19-16-17(14-15-22(19)28)29-24-12-6-7-13-25(24)30-23-11-5-3-9-20(23)27-26(29)30;1-16-10-12-24-20(14-16)21-15-17(11-13-25(21)27-24)26-22-8-4-2-6-18(22)19-7-3-5-9-23(19)26;1-16-12-8-4-5-9-13(12)17-11-7-3-2-6-10(11)15-14(16)17;1-14-12-8-4-2-6-10(12)11-7-3-5-9-13(11)14;1-9-6-7-13-11(8-9)10-4-2-3-5-12(10)14-13/h2-16H,1H3;2-15H,1H3;2-9H,1H3;2-9H,1H3;2-8H,1H3. The predicted octanol–water partition coefficient (Wildman–Crippen LogP) is 23.3. The van der Waals surface area contributed by atoms with Crippen LogP contribution in [0.15, 0.2) is 324 Å². The average molecular weight is 1320 g/mol. The van der Waals surface area contributed by atoms with Crippen LogP contribution in [-0.4, -0.2) is 41.6 Å². The number of nitrogens with zero attached hydrogens (tertiary/aromatic N) is 9. The van der Waals surface area contributed by atoms with Gasteiger partial charge >= 0.3 is 0 Å². The number of hydrogen-bond acceptors (Lipinski definition) is 4. The minimum Gasteiger partial charge on any atom is -0.456 e. The van der Waals surface area contributed by atoms with Crippen molar-refractivity contribution in [2.75, 3.05) is 0 Å². The van der Waals surface area contributed by atoms with Gasteiger partial charge in [-0.05, 0) is 159 Å². The Morgan fingerprint density at radius 3 is 1.11 bits per heavy atom.